The average molecular weight is 231 g/mol. The van der Waals surface area contributed by atoms with Gasteiger partial charge >= 0.3 is 0 Å². The smallest absolute Gasteiger partial charge is 0.273 e. The lowest BCUT2D eigenvalue weighted by atomic mass is 10.1. The van der Waals surface area contributed by atoms with Crippen LogP contribution in [0.25, 0.3) is 0 Å². The highest BCUT2D eigenvalue weighted by Crippen LogP contribution is 2.05. The molecule has 3 N–H and O–H groups in total. The minimum atomic E-state index is -1.16. The lowest BCUT2D eigenvalue weighted by Gasteiger charge is -2.16. The number of carbonyl (C=O) groups is 2. The number of amides is 2. The Morgan fingerprint density at radius 3 is 2.53 bits per heavy atom. The molecule has 1 unspecified atom stereocenters. The van der Waals surface area contributed by atoms with Crippen LogP contribution in [0.3, 0.4) is 0 Å². The number of nitrogens with two attached hydrogens (primary N) is 1. The van der Waals surface area contributed by atoms with Gasteiger partial charge in [-0.3, -0.25) is 9.59 Å². The Labute approximate surface area is 98.7 Å². The van der Waals surface area contributed by atoms with Crippen molar-refractivity contribution in [2.24, 2.45) is 10.7 Å². The zero-order valence-electron chi connectivity index (χ0n) is 9.22. The van der Waals surface area contributed by atoms with Gasteiger partial charge in [-0.05, 0) is 12.0 Å². The molecule has 0 aliphatic carbocycles. The van der Waals surface area contributed by atoms with Gasteiger partial charge in [0.1, 0.15) is 5.84 Å². The van der Waals surface area contributed by atoms with E-state index in [4.69, 9.17) is 5.73 Å². The Morgan fingerprint density at radius 1 is 1.18 bits per heavy atom. The number of nitrogens with one attached hydrogen (secondary N) is 1. The molecule has 1 heterocycles. The Morgan fingerprint density at radius 2 is 1.88 bits per heavy atom. The standard InChI is InChI=1S/C12H13N3O2/c13-10-11(16)14-9(15-12(10)17)7-6-8-4-2-1-3-5-8/h1-5,10H,6-7,13H2,(H,14,15,16,17). The Balaban J connectivity index is 1.99. The van der Waals surface area contributed by atoms with Crippen LogP contribution in [0, 0.1) is 0 Å². The summed E-state index contributed by atoms with van der Waals surface area (Å²) in [4.78, 5) is 26.3. The molecule has 0 saturated heterocycles. The van der Waals surface area contributed by atoms with E-state index in [1.807, 2.05) is 30.3 Å². The summed E-state index contributed by atoms with van der Waals surface area (Å²) < 4.78 is 0. The molecule has 1 aromatic rings. The van der Waals surface area contributed by atoms with Gasteiger partial charge in [0.25, 0.3) is 11.8 Å². The van der Waals surface area contributed by atoms with Crippen LogP contribution < -0.4 is 11.1 Å². The SMILES string of the molecule is NC1C(=O)N=C(CCc2ccccc2)NC1=O. The van der Waals surface area contributed by atoms with Crippen LogP contribution >= 0.6 is 0 Å². The van der Waals surface area contributed by atoms with Gasteiger partial charge in [-0.1, -0.05) is 30.3 Å². The second-order valence-electron chi connectivity index (χ2n) is 3.85. The van der Waals surface area contributed by atoms with Crippen molar-refractivity contribution in [1.82, 2.24) is 5.32 Å². The molecule has 0 fully saturated rings. The van der Waals surface area contributed by atoms with Crippen LogP contribution in [0.2, 0.25) is 0 Å². The predicted octanol–water partition coefficient (Wildman–Crippen LogP) is 0.00140. The summed E-state index contributed by atoms with van der Waals surface area (Å²) in [5.41, 5.74) is 6.45. The average Bonchev–Trinajstić information content (AvgIpc) is 2.34. The Kier molecular flexibility index (Phi) is 3.30. The molecule has 1 aliphatic rings. The molecule has 1 aliphatic heterocycles. The molecule has 17 heavy (non-hydrogen) atoms. The van der Waals surface area contributed by atoms with E-state index < -0.39 is 17.9 Å². The van der Waals surface area contributed by atoms with Crippen molar-refractivity contribution in [2.45, 2.75) is 18.9 Å². The minimum absolute atomic E-state index is 0.394. The van der Waals surface area contributed by atoms with E-state index in [0.717, 1.165) is 12.0 Å². The first-order valence-corrected chi connectivity index (χ1v) is 5.38. The molecule has 1 atom stereocenters. The molecule has 88 valence electrons. The summed E-state index contributed by atoms with van der Waals surface area (Å²) in [6.45, 7) is 0. The number of hydrogen-bond donors (Lipinski definition) is 2. The molecular weight excluding hydrogens is 218 g/mol. The van der Waals surface area contributed by atoms with Crippen molar-refractivity contribution < 1.29 is 9.59 Å². The number of benzene rings is 1. The van der Waals surface area contributed by atoms with E-state index in [0.29, 0.717) is 12.3 Å². The number of amidine groups is 1. The van der Waals surface area contributed by atoms with Gasteiger partial charge < -0.3 is 11.1 Å². The van der Waals surface area contributed by atoms with Crippen LogP contribution in [0.5, 0.6) is 0 Å². The Bertz CT molecular complexity index is 468. The van der Waals surface area contributed by atoms with Crippen molar-refractivity contribution in [3.05, 3.63) is 35.9 Å². The van der Waals surface area contributed by atoms with E-state index in [1.165, 1.54) is 0 Å². The molecule has 2 rings (SSSR count). The first kappa shape index (κ1) is 11.5. The first-order chi connectivity index (χ1) is 8.16. The molecular formula is C12H13N3O2. The summed E-state index contributed by atoms with van der Waals surface area (Å²) in [6, 6.07) is 8.63. The second kappa shape index (κ2) is 4.88. The quantitative estimate of drug-likeness (QED) is 0.718. The topological polar surface area (TPSA) is 84.6 Å². The number of carbonyl (C=O) groups excluding carboxylic acids is 2. The summed E-state index contributed by atoms with van der Waals surface area (Å²) >= 11 is 0. The molecule has 5 nitrogen and oxygen atoms in total. The zero-order chi connectivity index (χ0) is 12.3. The van der Waals surface area contributed by atoms with Crippen LogP contribution in [-0.2, 0) is 16.0 Å². The van der Waals surface area contributed by atoms with Gasteiger partial charge in [-0.2, -0.15) is 4.99 Å². The maximum absolute atomic E-state index is 11.3. The van der Waals surface area contributed by atoms with E-state index in [2.05, 4.69) is 10.3 Å². The summed E-state index contributed by atoms with van der Waals surface area (Å²) in [7, 11) is 0. The van der Waals surface area contributed by atoms with Crippen LogP contribution in [-0.4, -0.2) is 23.7 Å². The highest BCUT2D eigenvalue weighted by molar-refractivity contribution is 6.18. The third kappa shape index (κ3) is 2.76. The number of hydrogen-bond acceptors (Lipinski definition) is 3. The summed E-state index contributed by atoms with van der Waals surface area (Å²) in [6.07, 6.45) is 1.25. The fourth-order valence-corrected chi connectivity index (χ4v) is 1.59. The van der Waals surface area contributed by atoms with Crippen LogP contribution in [0.4, 0.5) is 0 Å². The first-order valence-electron chi connectivity index (χ1n) is 5.38. The molecule has 0 saturated carbocycles. The van der Waals surface area contributed by atoms with Crippen molar-refractivity contribution in [3.63, 3.8) is 0 Å². The normalized spacial score (nSPS) is 19.8. The second-order valence-corrected chi connectivity index (χ2v) is 3.85. The molecule has 5 heteroatoms. The third-order valence-corrected chi connectivity index (χ3v) is 2.55. The van der Waals surface area contributed by atoms with Crippen molar-refractivity contribution in [2.75, 3.05) is 0 Å². The molecule has 2 amide bonds. The number of aliphatic imine (C=N–C) groups is 1. The van der Waals surface area contributed by atoms with Gasteiger partial charge in [0.05, 0.1) is 0 Å². The highest BCUT2D eigenvalue weighted by Gasteiger charge is 2.27. The van der Waals surface area contributed by atoms with Gasteiger partial charge in [-0.15, -0.1) is 0 Å². The molecule has 0 bridgehead atoms. The van der Waals surface area contributed by atoms with E-state index in [1.54, 1.807) is 0 Å². The fourth-order valence-electron chi connectivity index (χ4n) is 1.59. The van der Waals surface area contributed by atoms with Crippen LogP contribution in [0.15, 0.2) is 35.3 Å². The molecule has 0 spiro atoms. The van der Waals surface area contributed by atoms with Crippen molar-refractivity contribution in [1.29, 1.82) is 0 Å². The fraction of sp³-hybridized carbons (Fsp3) is 0.250. The molecule has 1 aromatic carbocycles. The van der Waals surface area contributed by atoms with Crippen molar-refractivity contribution >= 4 is 17.6 Å². The minimum Gasteiger partial charge on any atom is -0.312 e. The molecule has 0 aromatic heterocycles. The van der Waals surface area contributed by atoms with Gasteiger partial charge in [0.15, 0.2) is 6.04 Å². The summed E-state index contributed by atoms with van der Waals surface area (Å²) in [5.74, 6) is -0.657. The number of aryl methyl sites for hydroxylation is 1. The largest absolute Gasteiger partial charge is 0.312 e. The third-order valence-electron chi connectivity index (χ3n) is 2.55. The Hall–Kier alpha value is -2.01. The zero-order valence-corrected chi connectivity index (χ0v) is 9.22. The predicted molar refractivity (Wildman–Crippen MR) is 63.3 cm³/mol. The van der Waals surface area contributed by atoms with Crippen molar-refractivity contribution in [3.8, 4) is 0 Å². The monoisotopic (exact) mass is 231 g/mol. The van der Waals surface area contributed by atoms with Crippen LogP contribution in [0.1, 0.15) is 12.0 Å². The maximum Gasteiger partial charge on any atom is 0.273 e. The van der Waals surface area contributed by atoms with E-state index in [9.17, 15) is 9.59 Å². The highest BCUT2D eigenvalue weighted by atomic mass is 16.2. The van der Waals surface area contributed by atoms with Gasteiger partial charge in [0.2, 0.25) is 0 Å². The number of nitrogens with zero attached hydrogens (tertiary/aromatic N) is 1. The molecule has 0 radical (unpaired) electrons. The lowest BCUT2D eigenvalue weighted by molar-refractivity contribution is -0.129. The lowest BCUT2D eigenvalue weighted by Crippen LogP contribution is -2.52. The number of rotatable bonds is 3. The van der Waals surface area contributed by atoms with E-state index in [-0.39, 0.29) is 0 Å². The summed E-state index contributed by atoms with van der Waals surface area (Å²) in [5, 5.41) is 2.53. The van der Waals surface area contributed by atoms with Gasteiger partial charge in [0, 0.05) is 6.42 Å². The maximum atomic E-state index is 11.3. The van der Waals surface area contributed by atoms with Gasteiger partial charge in [-0.25, -0.2) is 0 Å². The van der Waals surface area contributed by atoms with E-state index >= 15 is 0 Å².